The topological polar surface area (TPSA) is 97.2 Å². The third-order valence-corrected chi connectivity index (χ3v) is 4.42. The highest BCUT2D eigenvalue weighted by molar-refractivity contribution is 7.14. The summed E-state index contributed by atoms with van der Waals surface area (Å²) < 4.78 is 13.0. The van der Waals surface area contributed by atoms with Crippen molar-refractivity contribution in [3.63, 3.8) is 0 Å². The first-order chi connectivity index (χ1) is 13.0. The molecule has 7 nitrogen and oxygen atoms in total. The van der Waals surface area contributed by atoms with E-state index in [4.69, 9.17) is 0 Å². The van der Waals surface area contributed by atoms with Gasteiger partial charge in [-0.1, -0.05) is 12.1 Å². The van der Waals surface area contributed by atoms with Crippen LogP contribution in [0.1, 0.15) is 6.42 Å². The molecule has 0 spiro atoms. The lowest BCUT2D eigenvalue weighted by Crippen LogP contribution is -2.16. The van der Waals surface area contributed by atoms with Gasteiger partial charge in [-0.05, 0) is 30.3 Å². The maximum Gasteiger partial charge on any atom is 0.292 e. The molecule has 0 bridgehead atoms. The molecule has 0 aliphatic rings. The highest BCUT2D eigenvalue weighted by atomic mass is 32.1. The van der Waals surface area contributed by atoms with Gasteiger partial charge in [0.2, 0.25) is 5.91 Å². The molecule has 0 radical (unpaired) electrons. The number of hydrogen-bond acceptors (Lipinski definition) is 6. The molecule has 0 aliphatic carbocycles. The Kier molecular flexibility index (Phi) is 5.72. The molecule has 3 rings (SSSR count). The Morgan fingerprint density at radius 2 is 1.93 bits per heavy atom. The molecule has 2 N–H and O–H groups in total. The lowest BCUT2D eigenvalue weighted by atomic mass is 10.2. The molecule has 0 unspecified atom stereocenters. The van der Waals surface area contributed by atoms with Crippen LogP contribution >= 0.6 is 11.3 Å². The van der Waals surface area contributed by atoms with Crippen LogP contribution in [0.25, 0.3) is 11.3 Å². The largest absolute Gasteiger partial charge is 0.379 e. The number of thiazole rings is 1. The van der Waals surface area contributed by atoms with E-state index in [1.54, 1.807) is 35.7 Å². The van der Waals surface area contributed by atoms with E-state index in [0.717, 1.165) is 5.56 Å². The van der Waals surface area contributed by atoms with Gasteiger partial charge < -0.3 is 10.6 Å². The number of benzene rings is 2. The van der Waals surface area contributed by atoms with Gasteiger partial charge in [-0.15, -0.1) is 11.3 Å². The van der Waals surface area contributed by atoms with Gasteiger partial charge in [0.25, 0.3) is 5.69 Å². The van der Waals surface area contributed by atoms with Gasteiger partial charge in [0.15, 0.2) is 5.13 Å². The molecule has 3 aromatic rings. The monoisotopic (exact) mass is 386 g/mol. The van der Waals surface area contributed by atoms with Crippen LogP contribution < -0.4 is 10.6 Å². The number of nitrogens with zero attached hydrogens (tertiary/aromatic N) is 2. The average Bonchev–Trinajstić information content (AvgIpc) is 3.11. The summed E-state index contributed by atoms with van der Waals surface area (Å²) in [7, 11) is 0. The number of aromatic nitrogens is 1. The highest BCUT2D eigenvalue weighted by Gasteiger charge is 2.13. The van der Waals surface area contributed by atoms with Gasteiger partial charge in [-0.2, -0.15) is 0 Å². The van der Waals surface area contributed by atoms with Crippen LogP contribution in [-0.4, -0.2) is 22.4 Å². The zero-order valence-corrected chi connectivity index (χ0v) is 14.8. The molecule has 138 valence electrons. The summed E-state index contributed by atoms with van der Waals surface area (Å²) in [4.78, 5) is 26.8. The van der Waals surface area contributed by atoms with E-state index in [-0.39, 0.29) is 30.4 Å². The van der Waals surface area contributed by atoms with Gasteiger partial charge in [0.1, 0.15) is 11.5 Å². The van der Waals surface area contributed by atoms with Crippen LogP contribution in [0.4, 0.5) is 20.9 Å². The average molecular weight is 386 g/mol. The molecule has 0 aliphatic heterocycles. The molecule has 9 heteroatoms. The van der Waals surface area contributed by atoms with Crippen LogP contribution in [0.2, 0.25) is 0 Å². The van der Waals surface area contributed by atoms with Crippen molar-refractivity contribution in [1.29, 1.82) is 0 Å². The minimum Gasteiger partial charge on any atom is -0.379 e. The fourth-order valence-electron chi connectivity index (χ4n) is 2.36. The van der Waals surface area contributed by atoms with Crippen molar-refractivity contribution in [2.24, 2.45) is 0 Å². The van der Waals surface area contributed by atoms with Gasteiger partial charge in [0.05, 0.1) is 10.6 Å². The maximum absolute atomic E-state index is 13.0. The minimum absolute atomic E-state index is 0.0400. The number of nitro groups is 1. The van der Waals surface area contributed by atoms with Crippen molar-refractivity contribution < 1.29 is 14.1 Å². The zero-order valence-electron chi connectivity index (χ0n) is 14.0. The molecule has 2 aromatic carbocycles. The molecular weight excluding hydrogens is 371 g/mol. The number of amides is 1. The molecular formula is C18H15FN4O3S. The van der Waals surface area contributed by atoms with E-state index in [9.17, 15) is 19.3 Å². The SMILES string of the molecule is O=C(CCNc1ccccc1[N+](=O)[O-])Nc1nc(-c2ccc(F)cc2)cs1. The van der Waals surface area contributed by atoms with Gasteiger partial charge in [0, 0.05) is 30.0 Å². The predicted molar refractivity (Wildman–Crippen MR) is 102 cm³/mol. The number of halogens is 1. The van der Waals surface area contributed by atoms with Crippen LogP contribution in [0.5, 0.6) is 0 Å². The summed E-state index contributed by atoms with van der Waals surface area (Å²) in [6.07, 6.45) is 0.123. The van der Waals surface area contributed by atoms with Crippen molar-refractivity contribution in [1.82, 2.24) is 4.98 Å². The number of carbonyl (C=O) groups excluding carboxylic acids is 1. The van der Waals surface area contributed by atoms with Crippen molar-refractivity contribution in [2.45, 2.75) is 6.42 Å². The van der Waals surface area contributed by atoms with Gasteiger partial charge >= 0.3 is 0 Å². The summed E-state index contributed by atoms with van der Waals surface area (Å²) >= 11 is 1.27. The molecule has 0 fully saturated rings. The molecule has 0 saturated heterocycles. The smallest absolute Gasteiger partial charge is 0.292 e. The van der Waals surface area contributed by atoms with Crippen LogP contribution in [0.3, 0.4) is 0 Å². The molecule has 1 heterocycles. The number of carbonyl (C=O) groups is 1. The Morgan fingerprint density at radius 3 is 2.67 bits per heavy atom. The second kappa shape index (κ2) is 8.37. The fraction of sp³-hybridized carbons (Fsp3) is 0.111. The van der Waals surface area contributed by atoms with E-state index < -0.39 is 4.92 Å². The Bertz CT molecular complexity index is 959. The van der Waals surface area contributed by atoms with Crippen molar-refractivity contribution >= 4 is 33.8 Å². The Morgan fingerprint density at radius 1 is 1.19 bits per heavy atom. The van der Waals surface area contributed by atoms with Crippen LogP contribution in [-0.2, 0) is 4.79 Å². The van der Waals surface area contributed by atoms with Crippen molar-refractivity contribution in [3.05, 3.63) is 69.8 Å². The Labute approximate surface area is 158 Å². The number of nitrogens with one attached hydrogen (secondary N) is 2. The zero-order chi connectivity index (χ0) is 19.2. The van der Waals surface area contributed by atoms with E-state index in [0.29, 0.717) is 16.5 Å². The molecule has 0 atom stereocenters. The fourth-order valence-corrected chi connectivity index (χ4v) is 3.10. The summed E-state index contributed by atoms with van der Waals surface area (Å²) in [5, 5.41) is 18.7. The number of rotatable bonds is 7. The Balaban J connectivity index is 1.53. The maximum atomic E-state index is 13.0. The number of nitro benzene ring substituents is 1. The van der Waals surface area contributed by atoms with Crippen molar-refractivity contribution in [3.8, 4) is 11.3 Å². The highest BCUT2D eigenvalue weighted by Crippen LogP contribution is 2.25. The summed E-state index contributed by atoms with van der Waals surface area (Å²) in [6, 6.07) is 12.2. The van der Waals surface area contributed by atoms with Crippen molar-refractivity contribution in [2.75, 3.05) is 17.2 Å². The molecule has 0 saturated carbocycles. The van der Waals surface area contributed by atoms with Crippen LogP contribution in [0, 0.1) is 15.9 Å². The molecule has 27 heavy (non-hydrogen) atoms. The third kappa shape index (κ3) is 4.85. The summed E-state index contributed by atoms with van der Waals surface area (Å²) in [5.41, 5.74) is 1.73. The van der Waals surface area contributed by atoms with Crippen LogP contribution in [0.15, 0.2) is 53.9 Å². The second-order valence-corrected chi connectivity index (χ2v) is 6.40. The third-order valence-electron chi connectivity index (χ3n) is 3.66. The van der Waals surface area contributed by atoms with E-state index in [1.165, 1.54) is 29.5 Å². The molecule has 1 aromatic heterocycles. The second-order valence-electron chi connectivity index (χ2n) is 5.54. The number of anilines is 2. The Hall–Kier alpha value is -3.33. The minimum atomic E-state index is -0.477. The van der Waals surface area contributed by atoms with Gasteiger partial charge in [-0.25, -0.2) is 9.37 Å². The normalized spacial score (nSPS) is 10.4. The van der Waals surface area contributed by atoms with Gasteiger partial charge in [-0.3, -0.25) is 14.9 Å². The standard InChI is InChI=1S/C18H15FN4O3S/c19-13-7-5-12(6-8-13)15-11-27-18(21-15)22-17(24)9-10-20-14-3-1-2-4-16(14)23(25)26/h1-8,11,20H,9-10H2,(H,21,22,24). The first-order valence-corrected chi connectivity index (χ1v) is 8.89. The predicted octanol–water partition coefficient (Wildman–Crippen LogP) is 4.30. The quantitative estimate of drug-likeness (QED) is 0.466. The lowest BCUT2D eigenvalue weighted by Gasteiger charge is -2.06. The number of para-hydroxylation sites is 2. The first-order valence-electron chi connectivity index (χ1n) is 8.01. The first kappa shape index (κ1) is 18.5. The van der Waals surface area contributed by atoms with E-state index in [2.05, 4.69) is 15.6 Å². The van der Waals surface area contributed by atoms with E-state index >= 15 is 0 Å². The molecule has 1 amide bonds. The lowest BCUT2D eigenvalue weighted by molar-refractivity contribution is -0.384. The number of hydrogen-bond donors (Lipinski definition) is 2. The van der Waals surface area contributed by atoms with E-state index in [1.807, 2.05) is 0 Å². The summed E-state index contributed by atoms with van der Waals surface area (Å²) in [5.74, 6) is -0.588. The summed E-state index contributed by atoms with van der Waals surface area (Å²) in [6.45, 7) is 0.243.